The summed E-state index contributed by atoms with van der Waals surface area (Å²) in [5.41, 5.74) is 7.82. The molecule has 0 bridgehead atoms. The molecule has 9 aromatic rings. The molecular weight excluding hydrogens is 534 g/mol. The third-order valence-corrected chi connectivity index (χ3v) is 8.85. The van der Waals surface area contributed by atoms with E-state index in [4.69, 9.17) is 0 Å². The van der Waals surface area contributed by atoms with Crippen molar-refractivity contribution in [3.05, 3.63) is 145 Å². The molecule has 0 N–H and O–H groups in total. The molecule has 0 aliphatic heterocycles. The Morgan fingerprint density at radius 2 is 0.977 bits per heavy atom. The lowest BCUT2D eigenvalue weighted by molar-refractivity contribution is 1.18. The molecule has 0 amide bonds. The minimum absolute atomic E-state index is 0.883. The zero-order chi connectivity index (χ0) is 29.2. The highest BCUT2D eigenvalue weighted by Crippen LogP contribution is 2.44. The first-order chi connectivity index (χ1) is 21.8. The fourth-order valence-electron chi connectivity index (χ4n) is 7.17. The first kappa shape index (κ1) is 24.3. The van der Waals surface area contributed by atoms with Crippen LogP contribution in [0.5, 0.6) is 0 Å². The standard InChI is InChI=1S/C41H23N3/c42-26-12-21-28-29-15-4-6-18-32(29)40(33-19-7-5-16-30(28)33)44-37-23-11-9-20-35(37)39-38(44)25-24-34-31-17-8-10-22-36(31)43(41(34)39)27-13-2-1-3-14-27/h1-11,13-20,22-25H. The van der Waals surface area contributed by atoms with Crippen LogP contribution in [0.3, 0.4) is 0 Å². The smallest absolute Gasteiger partial charge is 0.152 e. The number of fused-ring (bicyclic) bond motifs is 9. The summed E-state index contributed by atoms with van der Waals surface area (Å²) in [5.74, 6) is 5.83. The Kier molecular flexibility index (Phi) is 5.18. The van der Waals surface area contributed by atoms with E-state index in [9.17, 15) is 5.26 Å². The highest BCUT2D eigenvalue weighted by atomic mass is 15.0. The maximum Gasteiger partial charge on any atom is 0.152 e. The van der Waals surface area contributed by atoms with E-state index < -0.39 is 0 Å². The first-order valence-corrected chi connectivity index (χ1v) is 14.7. The Balaban J connectivity index is 1.54. The van der Waals surface area contributed by atoms with E-state index in [0.29, 0.717) is 0 Å². The molecule has 0 radical (unpaired) electrons. The molecular formula is C41H23N3. The normalized spacial score (nSPS) is 11.4. The third-order valence-electron chi connectivity index (χ3n) is 8.85. The van der Waals surface area contributed by atoms with Gasteiger partial charge in [-0.25, -0.2) is 0 Å². The van der Waals surface area contributed by atoms with E-state index in [2.05, 4.69) is 148 Å². The molecule has 0 aliphatic rings. The topological polar surface area (TPSA) is 33.6 Å². The van der Waals surface area contributed by atoms with Gasteiger partial charge < -0.3 is 9.13 Å². The average Bonchev–Trinajstić information content (AvgIpc) is 3.60. The molecule has 2 aromatic heterocycles. The van der Waals surface area contributed by atoms with Crippen molar-refractivity contribution >= 4 is 65.2 Å². The van der Waals surface area contributed by atoms with Crippen LogP contribution in [0.25, 0.3) is 76.5 Å². The van der Waals surface area contributed by atoms with E-state index in [-0.39, 0.29) is 0 Å². The number of aromatic nitrogens is 2. The molecule has 7 aromatic carbocycles. The zero-order valence-corrected chi connectivity index (χ0v) is 23.6. The van der Waals surface area contributed by atoms with Crippen molar-refractivity contribution in [1.82, 2.24) is 9.13 Å². The number of rotatable bonds is 2. The Labute approximate surface area is 253 Å². The molecule has 3 heteroatoms. The van der Waals surface area contributed by atoms with Gasteiger partial charge >= 0.3 is 0 Å². The molecule has 3 nitrogen and oxygen atoms in total. The number of nitriles is 1. The number of hydrogen-bond acceptors (Lipinski definition) is 1. The van der Waals surface area contributed by atoms with Crippen molar-refractivity contribution in [3.8, 4) is 29.3 Å². The number of nitrogens with zero attached hydrogens (tertiary/aromatic N) is 3. The lowest BCUT2D eigenvalue weighted by atomic mass is 9.94. The van der Waals surface area contributed by atoms with Gasteiger partial charge in [-0.3, -0.25) is 0 Å². The lowest BCUT2D eigenvalue weighted by Crippen LogP contribution is -1.99. The van der Waals surface area contributed by atoms with Crippen LogP contribution in [0.1, 0.15) is 5.56 Å². The van der Waals surface area contributed by atoms with Gasteiger partial charge in [-0.1, -0.05) is 109 Å². The van der Waals surface area contributed by atoms with E-state index in [0.717, 1.165) is 49.5 Å². The number of hydrogen-bond donors (Lipinski definition) is 0. The van der Waals surface area contributed by atoms with Crippen molar-refractivity contribution in [2.75, 3.05) is 0 Å². The van der Waals surface area contributed by atoms with Gasteiger partial charge in [0.1, 0.15) is 0 Å². The van der Waals surface area contributed by atoms with Crippen LogP contribution >= 0.6 is 0 Å². The summed E-state index contributed by atoms with van der Waals surface area (Å²) in [6.45, 7) is 0. The van der Waals surface area contributed by atoms with Crippen molar-refractivity contribution in [2.24, 2.45) is 0 Å². The summed E-state index contributed by atoms with van der Waals surface area (Å²) >= 11 is 0. The number of para-hydroxylation sites is 3. The molecule has 0 atom stereocenters. The van der Waals surface area contributed by atoms with Crippen molar-refractivity contribution < 1.29 is 0 Å². The van der Waals surface area contributed by atoms with Crippen molar-refractivity contribution in [1.29, 1.82) is 5.26 Å². The SMILES string of the molecule is N#CC#Cc1c2ccccc2c(-n2c3ccccc3c3c2ccc2c4ccccc4n(-c4ccccc4)c23)c2ccccc12. The third kappa shape index (κ3) is 3.27. The molecule has 0 aliphatic carbocycles. The predicted molar refractivity (Wildman–Crippen MR) is 183 cm³/mol. The van der Waals surface area contributed by atoms with Crippen LogP contribution in [0.2, 0.25) is 0 Å². The second-order valence-electron chi connectivity index (χ2n) is 11.1. The Bertz CT molecular complexity index is 2670. The van der Waals surface area contributed by atoms with Crippen LogP contribution < -0.4 is 0 Å². The van der Waals surface area contributed by atoms with Gasteiger partial charge in [0, 0.05) is 60.3 Å². The lowest BCUT2D eigenvalue weighted by Gasteiger charge is -2.17. The molecule has 0 spiro atoms. The molecule has 0 saturated carbocycles. The zero-order valence-electron chi connectivity index (χ0n) is 23.6. The number of benzene rings is 7. The van der Waals surface area contributed by atoms with E-state index in [1.807, 2.05) is 18.2 Å². The van der Waals surface area contributed by atoms with Crippen LogP contribution in [0.4, 0.5) is 0 Å². The molecule has 202 valence electrons. The monoisotopic (exact) mass is 557 g/mol. The highest BCUT2D eigenvalue weighted by molar-refractivity contribution is 6.27. The summed E-state index contributed by atoms with van der Waals surface area (Å²) in [6.07, 6.45) is 0. The summed E-state index contributed by atoms with van der Waals surface area (Å²) in [4.78, 5) is 0. The molecule has 9 rings (SSSR count). The van der Waals surface area contributed by atoms with Crippen LogP contribution in [-0.2, 0) is 0 Å². The summed E-state index contributed by atoms with van der Waals surface area (Å²) in [7, 11) is 0. The molecule has 0 fully saturated rings. The minimum atomic E-state index is 0.883. The minimum Gasteiger partial charge on any atom is -0.309 e. The van der Waals surface area contributed by atoms with Gasteiger partial charge in [-0.2, -0.15) is 5.26 Å². The second kappa shape index (κ2) is 9.36. The van der Waals surface area contributed by atoms with E-state index in [1.54, 1.807) is 0 Å². The van der Waals surface area contributed by atoms with Gasteiger partial charge in [-0.05, 0) is 36.3 Å². The Hall–Kier alpha value is -6.29. The summed E-state index contributed by atoms with van der Waals surface area (Å²) < 4.78 is 4.85. The maximum absolute atomic E-state index is 9.33. The summed E-state index contributed by atoms with van der Waals surface area (Å²) in [5, 5.41) is 18.5. The van der Waals surface area contributed by atoms with Crippen LogP contribution in [-0.4, -0.2) is 9.13 Å². The first-order valence-electron chi connectivity index (χ1n) is 14.7. The average molecular weight is 558 g/mol. The van der Waals surface area contributed by atoms with Gasteiger partial charge in [0.2, 0.25) is 0 Å². The van der Waals surface area contributed by atoms with Crippen LogP contribution in [0, 0.1) is 23.2 Å². The summed E-state index contributed by atoms with van der Waals surface area (Å²) in [6, 6.07) is 51.5. The van der Waals surface area contributed by atoms with E-state index in [1.165, 1.54) is 32.6 Å². The molecule has 2 heterocycles. The van der Waals surface area contributed by atoms with Gasteiger partial charge in [0.15, 0.2) is 6.07 Å². The van der Waals surface area contributed by atoms with Gasteiger partial charge in [0.05, 0.1) is 27.8 Å². The molecule has 0 saturated heterocycles. The molecule has 44 heavy (non-hydrogen) atoms. The van der Waals surface area contributed by atoms with E-state index >= 15 is 0 Å². The predicted octanol–water partition coefficient (Wildman–Crippen LogP) is 10.1. The quantitative estimate of drug-likeness (QED) is 0.154. The largest absolute Gasteiger partial charge is 0.309 e. The van der Waals surface area contributed by atoms with Crippen molar-refractivity contribution in [2.45, 2.75) is 0 Å². The van der Waals surface area contributed by atoms with Gasteiger partial charge in [0.25, 0.3) is 0 Å². The maximum atomic E-state index is 9.33. The van der Waals surface area contributed by atoms with Crippen molar-refractivity contribution in [3.63, 3.8) is 0 Å². The second-order valence-corrected chi connectivity index (χ2v) is 11.1. The highest BCUT2D eigenvalue weighted by Gasteiger charge is 2.23. The van der Waals surface area contributed by atoms with Crippen LogP contribution in [0.15, 0.2) is 140 Å². The fourth-order valence-corrected chi connectivity index (χ4v) is 7.17. The Morgan fingerprint density at radius 3 is 1.64 bits per heavy atom. The molecule has 0 unspecified atom stereocenters. The Morgan fingerprint density at radius 1 is 0.432 bits per heavy atom. The van der Waals surface area contributed by atoms with Gasteiger partial charge in [-0.15, -0.1) is 0 Å². The fraction of sp³-hybridized carbons (Fsp3) is 0.